The van der Waals surface area contributed by atoms with Crippen molar-refractivity contribution in [2.24, 2.45) is 0 Å². The zero-order chi connectivity index (χ0) is 15.0. The Morgan fingerprint density at radius 3 is 2.80 bits per heavy atom. The summed E-state index contributed by atoms with van der Waals surface area (Å²) in [5.74, 6) is -1.21. The third kappa shape index (κ3) is 6.34. The van der Waals surface area contributed by atoms with Crippen LogP contribution in [0.4, 0.5) is 0 Å². The molecule has 0 saturated heterocycles. The molecule has 0 spiro atoms. The number of carbonyl (C=O) groups is 2. The lowest BCUT2D eigenvalue weighted by Crippen LogP contribution is -2.40. The molecule has 0 aromatic carbocycles. The van der Waals surface area contributed by atoms with Crippen LogP contribution in [0.15, 0.2) is 28.6 Å². The molecule has 0 fully saturated rings. The Morgan fingerprint density at radius 2 is 2.25 bits per heavy atom. The molecular formula is C14H18BrNO3S. The van der Waals surface area contributed by atoms with E-state index < -0.39 is 12.0 Å². The third-order valence-corrected chi connectivity index (χ3v) is 4.43. The van der Waals surface area contributed by atoms with Gasteiger partial charge in [0.15, 0.2) is 0 Å². The lowest BCUT2D eigenvalue weighted by Gasteiger charge is -2.13. The fourth-order valence-electron chi connectivity index (χ4n) is 1.72. The van der Waals surface area contributed by atoms with Gasteiger partial charge in [-0.25, -0.2) is 4.79 Å². The van der Waals surface area contributed by atoms with Crippen molar-refractivity contribution in [3.8, 4) is 0 Å². The Kier molecular flexibility index (Phi) is 7.54. The molecule has 0 saturated carbocycles. The van der Waals surface area contributed by atoms with E-state index in [2.05, 4.69) is 27.8 Å². The van der Waals surface area contributed by atoms with Gasteiger partial charge in [0.05, 0.1) is 3.79 Å². The molecule has 1 unspecified atom stereocenters. The summed E-state index contributed by atoms with van der Waals surface area (Å²) in [5.41, 5.74) is 0. The van der Waals surface area contributed by atoms with E-state index in [4.69, 9.17) is 5.11 Å². The number of carboxylic acids is 1. The monoisotopic (exact) mass is 359 g/mol. The van der Waals surface area contributed by atoms with Gasteiger partial charge in [-0.3, -0.25) is 4.79 Å². The van der Waals surface area contributed by atoms with Gasteiger partial charge in [-0.2, -0.15) is 0 Å². The quantitative estimate of drug-likeness (QED) is 0.664. The van der Waals surface area contributed by atoms with E-state index in [1.54, 1.807) is 17.4 Å². The number of amides is 1. The first-order chi connectivity index (χ1) is 9.52. The lowest BCUT2D eigenvalue weighted by atomic mass is 10.1. The molecule has 2 N–H and O–H groups in total. The minimum absolute atomic E-state index is 0.211. The zero-order valence-corrected chi connectivity index (χ0v) is 13.5. The Bertz CT molecular complexity index is 473. The highest BCUT2D eigenvalue weighted by molar-refractivity contribution is 9.11. The second-order valence-corrected chi connectivity index (χ2v) is 6.93. The standard InChI is InChI=1S/C14H18BrNO3S/c1-2-3-6-11(14(18)19)16-13(17)7-4-5-10-8-9-12(15)20-10/h2,8-9,11H,1,3-7H2,(H,16,17)(H,18,19). The molecule has 20 heavy (non-hydrogen) atoms. The minimum Gasteiger partial charge on any atom is -0.480 e. The van der Waals surface area contributed by atoms with E-state index in [-0.39, 0.29) is 5.91 Å². The third-order valence-electron chi connectivity index (χ3n) is 2.75. The van der Waals surface area contributed by atoms with Gasteiger partial charge in [0, 0.05) is 11.3 Å². The summed E-state index contributed by atoms with van der Waals surface area (Å²) >= 11 is 5.04. The van der Waals surface area contributed by atoms with Crippen LogP contribution in [-0.4, -0.2) is 23.0 Å². The van der Waals surface area contributed by atoms with Crippen molar-refractivity contribution < 1.29 is 14.7 Å². The molecule has 0 aliphatic carbocycles. The van der Waals surface area contributed by atoms with Gasteiger partial charge in [0.25, 0.3) is 0 Å². The molecular weight excluding hydrogens is 342 g/mol. The van der Waals surface area contributed by atoms with E-state index in [1.165, 1.54) is 4.88 Å². The van der Waals surface area contributed by atoms with Crippen molar-refractivity contribution in [1.29, 1.82) is 0 Å². The average molecular weight is 360 g/mol. The van der Waals surface area contributed by atoms with Gasteiger partial charge in [0.1, 0.15) is 6.04 Å². The number of rotatable bonds is 9. The van der Waals surface area contributed by atoms with Crippen molar-refractivity contribution in [2.75, 3.05) is 0 Å². The van der Waals surface area contributed by atoms with Crippen molar-refractivity contribution >= 4 is 39.1 Å². The molecule has 0 aliphatic rings. The van der Waals surface area contributed by atoms with Gasteiger partial charge in [-0.15, -0.1) is 17.9 Å². The highest BCUT2D eigenvalue weighted by Gasteiger charge is 2.18. The fraction of sp³-hybridized carbons (Fsp3) is 0.429. The number of aliphatic carboxylic acids is 1. The molecule has 0 radical (unpaired) electrons. The number of aryl methyl sites for hydroxylation is 1. The van der Waals surface area contributed by atoms with Gasteiger partial charge in [-0.05, 0) is 53.7 Å². The molecule has 1 atom stereocenters. The van der Waals surface area contributed by atoms with Crippen LogP contribution in [0.1, 0.15) is 30.6 Å². The van der Waals surface area contributed by atoms with Crippen LogP contribution in [0.25, 0.3) is 0 Å². The predicted octanol–water partition coefficient (Wildman–Crippen LogP) is 3.37. The summed E-state index contributed by atoms with van der Waals surface area (Å²) in [6, 6.07) is 3.18. The summed E-state index contributed by atoms with van der Waals surface area (Å²) in [6.07, 6.45) is 4.48. The predicted molar refractivity (Wildman–Crippen MR) is 84.0 cm³/mol. The van der Waals surface area contributed by atoms with Crippen LogP contribution in [0.3, 0.4) is 0 Å². The van der Waals surface area contributed by atoms with Crippen LogP contribution >= 0.6 is 27.3 Å². The molecule has 0 bridgehead atoms. The molecule has 1 amide bonds. The molecule has 1 rings (SSSR count). The van der Waals surface area contributed by atoms with Gasteiger partial charge >= 0.3 is 5.97 Å². The molecule has 6 heteroatoms. The van der Waals surface area contributed by atoms with E-state index in [1.807, 2.05) is 12.1 Å². The lowest BCUT2D eigenvalue weighted by molar-refractivity contribution is -0.142. The van der Waals surface area contributed by atoms with Crippen LogP contribution in [0, 0.1) is 0 Å². The summed E-state index contributed by atoms with van der Waals surface area (Å²) in [6.45, 7) is 3.55. The first kappa shape index (κ1) is 16.9. The summed E-state index contributed by atoms with van der Waals surface area (Å²) in [5, 5.41) is 11.6. The maximum atomic E-state index is 11.7. The molecule has 110 valence electrons. The van der Waals surface area contributed by atoms with Crippen molar-refractivity contribution in [2.45, 2.75) is 38.1 Å². The van der Waals surface area contributed by atoms with Crippen molar-refractivity contribution in [1.82, 2.24) is 5.32 Å². The number of carboxylic acid groups (broad SMARTS) is 1. The van der Waals surface area contributed by atoms with Gasteiger partial charge in [-0.1, -0.05) is 6.08 Å². The van der Waals surface area contributed by atoms with Crippen LogP contribution in [-0.2, 0) is 16.0 Å². The van der Waals surface area contributed by atoms with Crippen LogP contribution in [0.5, 0.6) is 0 Å². The van der Waals surface area contributed by atoms with Gasteiger partial charge in [0.2, 0.25) is 5.91 Å². The van der Waals surface area contributed by atoms with E-state index in [9.17, 15) is 9.59 Å². The molecule has 0 aliphatic heterocycles. The van der Waals surface area contributed by atoms with Crippen LogP contribution in [0.2, 0.25) is 0 Å². The summed E-state index contributed by atoms with van der Waals surface area (Å²) in [4.78, 5) is 23.9. The Hall–Kier alpha value is -1.14. The second kappa shape index (κ2) is 8.92. The largest absolute Gasteiger partial charge is 0.480 e. The summed E-state index contributed by atoms with van der Waals surface area (Å²) in [7, 11) is 0. The topological polar surface area (TPSA) is 66.4 Å². The number of allylic oxidation sites excluding steroid dienone is 1. The first-order valence-corrected chi connectivity index (χ1v) is 8.01. The van der Waals surface area contributed by atoms with Gasteiger partial charge < -0.3 is 10.4 Å². The maximum absolute atomic E-state index is 11.7. The Morgan fingerprint density at radius 1 is 1.50 bits per heavy atom. The zero-order valence-electron chi connectivity index (χ0n) is 11.1. The Labute approximate surface area is 131 Å². The first-order valence-electron chi connectivity index (χ1n) is 6.40. The number of thiophene rings is 1. The highest BCUT2D eigenvalue weighted by Crippen LogP contribution is 2.23. The summed E-state index contributed by atoms with van der Waals surface area (Å²) < 4.78 is 1.08. The molecule has 4 nitrogen and oxygen atoms in total. The van der Waals surface area contributed by atoms with E-state index in [0.717, 1.165) is 10.2 Å². The highest BCUT2D eigenvalue weighted by atomic mass is 79.9. The number of nitrogens with one attached hydrogen (secondary N) is 1. The Balaban J connectivity index is 2.30. The normalized spacial score (nSPS) is 11.8. The smallest absolute Gasteiger partial charge is 0.326 e. The van der Waals surface area contributed by atoms with E-state index in [0.29, 0.717) is 25.7 Å². The average Bonchev–Trinajstić information content (AvgIpc) is 2.80. The molecule has 1 heterocycles. The number of halogens is 1. The minimum atomic E-state index is -0.998. The maximum Gasteiger partial charge on any atom is 0.326 e. The van der Waals surface area contributed by atoms with E-state index >= 15 is 0 Å². The number of hydrogen-bond donors (Lipinski definition) is 2. The van der Waals surface area contributed by atoms with Crippen molar-refractivity contribution in [3.63, 3.8) is 0 Å². The molecule has 1 aromatic heterocycles. The van der Waals surface area contributed by atoms with Crippen molar-refractivity contribution in [3.05, 3.63) is 33.5 Å². The molecule has 1 aromatic rings. The second-order valence-electron chi connectivity index (χ2n) is 4.38. The number of hydrogen-bond acceptors (Lipinski definition) is 3. The SMILES string of the molecule is C=CCCC(NC(=O)CCCc1ccc(Br)s1)C(=O)O. The fourth-order valence-corrected chi connectivity index (χ4v) is 3.24. The number of carbonyl (C=O) groups excluding carboxylic acids is 1. The van der Waals surface area contributed by atoms with Crippen LogP contribution < -0.4 is 5.32 Å².